The lowest BCUT2D eigenvalue weighted by molar-refractivity contribution is 0.163. The van der Waals surface area contributed by atoms with Crippen LogP contribution in [0.3, 0.4) is 0 Å². The van der Waals surface area contributed by atoms with Crippen LogP contribution in [-0.2, 0) is 6.54 Å². The molecule has 0 saturated carbocycles. The number of hydrogen-bond donors (Lipinski definition) is 1. The summed E-state index contributed by atoms with van der Waals surface area (Å²) in [6, 6.07) is 0.141. The number of nitrogens with one attached hydrogen (secondary N) is 1. The van der Waals surface area contributed by atoms with Gasteiger partial charge < -0.3 is 10.2 Å². The van der Waals surface area contributed by atoms with Crippen molar-refractivity contribution in [2.24, 2.45) is 0 Å². The van der Waals surface area contributed by atoms with E-state index < -0.39 is 0 Å². The number of amides is 2. The fourth-order valence-corrected chi connectivity index (χ4v) is 3.38. The van der Waals surface area contributed by atoms with Crippen LogP contribution in [0.2, 0.25) is 0 Å². The van der Waals surface area contributed by atoms with E-state index in [2.05, 4.69) is 39.4 Å². The number of hydrogen-bond acceptors (Lipinski definition) is 6. The molecular weight excluding hydrogens is 314 g/mol. The maximum atomic E-state index is 12.4. The molecule has 1 saturated heterocycles. The first kappa shape index (κ1) is 15.9. The molecule has 8 nitrogen and oxygen atoms in total. The summed E-state index contributed by atoms with van der Waals surface area (Å²) in [5.41, 5.74) is 0. The van der Waals surface area contributed by atoms with Crippen molar-refractivity contribution in [2.45, 2.75) is 45.2 Å². The first-order valence-corrected chi connectivity index (χ1v) is 8.64. The third-order valence-corrected chi connectivity index (χ3v) is 5.09. The fourth-order valence-electron chi connectivity index (χ4n) is 2.60. The average Bonchev–Trinajstić information content (AvgIpc) is 3.24. The molecular formula is C14H21N7OS. The van der Waals surface area contributed by atoms with Crippen LogP contribution in [0.4, 0.5) is 4.79 Å². The minimum atomic E-state index is -0.0592. The second-order valence-electron chi connectivity index (χ2n) is 5.97. The second-order valence-corrected chi connectivity index (χ2v) is 7.06. The highest BCUT2D eigenvalue weighted by Crippen LogP contribution is 2.21. The van der Waals surface area contributed by atoms with Gasteiger partial charge in [0.05, 0.1) is 12.6 Å². The molecule has 0 spiro atoms. The molecule has 0 aromatic carbocycles. The quantitative estimate of drug-likeness (QED) is 0.920. The summed E-state index contributed by atoms with van der Waals surface area (Å²) in [5.74, 6) is 0.363. The van der Waals surface area contributed by atoms with Crippen molar-refractivity contribution in [3.8, 4) is 0 Å². The van der Waals surface area contributed by atoms with E-state index >= 15 is 0 Å². The highest BCUT2D eigenvalue weighted by molar-refractivity contribution is 7.11. The lowest BCUT2D eigenvalue weighted by atomic mass is 10.1. The lowest BCUT2D eigenvalue weighted by Gasteiger charge is -2.32. The van der Waals surface area contributed by atoms with Crippen LogP contribution in [0.1, 0.15) is 48.7 Å². The maximum absolute atomic E-state index is 12.4. The number of rotatable bonds is 4. The summed E-state index contributed by atoms with van der Waals surface area (Å²) < 4.78 is 1.83. The van der Waals surface area contributed by atoms with E-state index in [0.717, 1.165) is 29.4 Å². The van der Waals surface area contributed by atoms with Crippen molar-refractivity contribution >= 4 is 17.4 Å². The van der Waals surface area contributed by atoms with E-state index in [1.807, 2.05) is 9.58 Å². The molecule has 1 unspecified atom stereocenters. The van der Waals surface area contributed by atoms with Crippen LogP contribution in [0.5, 0.6) is 0 Å². The maximum Gasteiger partial charge on any atom is 0.317 e. The SMILES string of the molecule is CC(C)c1nnc(CNC(=O)N2CCCC(n3cncn3)C2)s1. The Hall–Kier alpha value is -2.03. The van der Waals surface area contributed by atoms with Gasteiger partial charge in [0, 0.05) is 19.0 Å². The van der Waals surface area contributed by atoms with Gasteiger partial charge in [-0.05, 0) is 12.8 Å². The monoisotopic (exact) mass is 335 g/mol. The number of likely N-dealkylation sites (tertiary alicyclic amines) is 1. The van der Waals surface area contributed by atoms with Gasteiger partial charge in [0.15, 0.2) is 0 Å². The number of urea groups is 1. The second kappa shape index (κ2) is 7.03. The van der Waals surface area contributed by atoms with Crippen LogP contribution >= 0.6 is 11.3 Å². The Morgan fingerprint density at radius 2 is 2.35 bits per heavy atom. The largest absolute Gasteiger partial charge is 0.331 e. The predicted molar refractivity (Wildman–Crippen MR) is 86.1 cm³/mol. The summed E-state index contributed by atoms with van der Waals surface area (Å²) >= 11 is 1.55. The molecule has 1 fully saturated rings. The molecule has 1 atom stereocenters. The van der Waals surface area contributed by atoms with E-state index in [4.69, 9.17) is 0 Å². The predicted octanol–water partition coefficient (Wildman–Crippen LogP) is 1.80. The van der Waals surface area contributed by atoms with Crippen molar-refractivity contribution < 1.29 is 4.79 Å². The molecule has 0 aliphatic carbocycles. The van der Waals surface area contributed by atoms with E-state index in [1.54, 1.807) is 17.7 Å². The normalized spacial score (nSPS) is 18.4. The molecule has 2 amide bonds. The van der Waals surface area contributed by atoms with Crippen molar-refractivity contribution in [1.82, 2.24) is 35.2 Å². The van der Waals surface area contributed by atoms with Crippen molar-refractivity contribution in [1.29, 1.82) is 0 Å². The molecule has 1 N–H and O–H groups in total. The summed E-state index contributed by atoms with van der Waals surface area (Å²) in [7, 11) is 0. The van der Waals surface area contributed by atoms with Crippen LogP contribution in [0.15, 0.2) is 12.7 Å². The van der Waals surface area contributed by atoms with Gasteiger partial charge >= 0.3 is 6.03 Å². The summed E-state index contributed by atoms with van der Waals surface area (Å²) in [6.07, 6.45) is 5.22. The molecule has 23 heavy (non-hydrogen) atoms. The molecule has 0 radical (unpaired) electrons. The van der Waals surface area contributed by atoms with Gasteiger partial charge in [-0.2, -0.15) is 5.10 Å². The fraction of sp³-hybridized carbons (Fsp3) is 0.643. The standard InChI is InChI=1S/C14H21N7OS/c1-10(2)13-19-18-12(23-13)6-16-14(22)20-5-3-4-11(7-20)21-9-15-8-17-21/h8-11H,3-7H2,1-2H3,(H,16,22). The van der Waals surface area contributed by atoms with Crippen LogP contribution in [-0.4, -0.2) is 49.0 Å². The number of nitrogens with zero attached hydrogens (tertiary/aromatic N) is 6. The molecule has 0 bridgehead atoms. The van der Waals surface area contributed by atoms with E-state index in [-0.39, 0.29) is 12.1 Å². The molecule has 1 aliphatic heterocycles. The van der Waals surface area contributed by atoms with Crippen LogP contribution in [0.25, 0.3) is 0 Å². The number of carbonyl (C=O) groups excluding carboxylic acids is 1. The topological polar surface area (TPSA) is 88.8 Å². The Morgan fingerprint density at radius 3 is 3.04 bits per heavy atom. The third kappa shape index (κ3) is 3.84. The molecule has 3 heterocycles. The van der Waals surface area contributed by atoms with Crippen molar-refractivity contribution in [2.75, 3.05) is 13.1 Å². The van der Waals surface area contributed by atoms with Crippen LogP contribution < -0.4 is 5.32 Å². The van der Waals surface area contributed by atoms with E-state index in [9.17, 15) is 4.79 Å². The van der Waals surface area contributed by atoms with E-state index in [1.165, 1.54) is 6.33 Å². The highest BCUT2D eigenvalue weighted by atomic mass is 32.1. The highest BCUT2D eigenvalue weighted by Gasteiger charge is 2.25. The Labute approximate surface area is 138 Å². The zero-order valence-electron chi connectivity index (χ0n) is 13.3. The average molecular weight is 335 g/mol. The van der Waals surface area contributed by atoms with Gasteiger partial charge in [-0.15, -0.1) is 10.2 Å². The smallest absolute Gasteiger partial charge is 0.317 e. The third-order valence-electron chi connectivity index (χ3n) is 3.86. The minimum Gasteiger partial charge on any atom is -0.331 e. The summed E-state index contributed by atoms with van der Waals surface area (Å²) in [5, 5.41) is 17.2. The van der Waals surface area contributed by atoms with Gasteiger partial charge in [0.25, 0.3) is 0 Å². The molecule has 1 aliphatic rings. The van der Waals surface area contributed by atoms with Crippen LogP contribution in [0, 0.1) is 0 Å². The Bertz CT molecular complexity index is 639. The Kier molecular flexibility index (Phi) is 4.85. The van der Waals surface area contributed by atoms with Crippen molar-refractivity contribution in [3.05, 3.63) is 22.7 Å². The zero-order chi connectivity index (χ0) is 16.2. The van der Waals surface area contributed by atoms with Gasteiger partial charge in [-0.25, -0.2) is 14.5 Å². The van der Waals surface area contributed by atoms with Gasteiger partial charge in [-0.3, -0.25) is 0 Å². The first-order chi connectivity index (χ1) is 11.1. The Balaban J connectivity index is 1.53. The molecule has 2 aromatic rings. The minimum absolute atomic E-state index is 0.0592. The van der Waals surface area contributed by atoms with Crippen molar-refractivity contribution in [3.63, 3.8) is 0 Å². The first-order valence-electron chi connectivity index (χ1n) is 7.82. The summed E-state index contributed by atoms with van der Waals surface area (Å²) in [4.78, 5) is 18.2. The summed E-state index contributed by atoms with van der Waals surface area (Å²) in [6.45, 7) is 6.02. The molecule has 3 rings (SSSR count). The number of carbonyl (C=O) groups is 1. The van der Waals surface area contributed by atoms with E-state index in [0.29, 0.717) is 19.0 Å². The molecule has 2 aromatic heterocycles. The van der Waals surface area contributed by atoms with Gasteiger partial charge in [0.2, 0.25) is 0 Å². The molecule has 124 valence electrons. The zero-order valence-corrected chi connectivity index (χ0v) is 14.2. The lowest BCUT2D eigenvalue weighted by Crippen LogP contribution is -2.45. The Morgan fingerprint density at radius 1 is 1.48 bits per heavy atom. The van der Waals surface area contributed by atoms with Gasteiger partial charge in [0.1, 0.15) is 22.7 Å². The number of aromatic nitrogens is 5. The van der Waals surface area contributed by atoms with Gasteiger partial charge in [-0.1, -0.05) is 25.2 Å². The molecule has 9 heteroatoms. The number of piperidine rings is 1.